The number of urea groups is 1. The predicted molar refractivity (Wildman–Crippen MR) is 75.5 cm³/mol. The first-order valence-corrected chi connectivity index (χ1v) is 7.55. The summed E-state index contributed by atoms with van der Waals surface area (Å²) in [5.41, 5.74) is 5.26. The van der Waals surface area contributed by atoms with Gasteiger partial charge in [-0.15, -0.1) is 0 Å². The summed E-state index contributed by atoms with van der Waals surface area (Å²) in [6.07, 6.45) is 5.14. The van der Waals surface area contributed by atoms with Crippen LogP contribution in [0.15, 0.2) is 0 Å². The number of carbonyl (C=O) groups is 3. The summed E-state index contributed by atoms with van der Waals surface area (Å²) in [6, 6.07) is -0.193. The largest absolute Gasteiger partial charge is 0.481 e. The number of nitrogens with zero attached hydrogens (tertiary/aromatic N) is 2. The zero-order valence-corrected chi connectivity index (χ0v) is 12.2. The standard InChI is InChI=1S/C14H23N3O4/c15-12(18)9-17(11-5-1-2-6-11)14(21)16-7-3-4-10(8-16)13(19)20/h10-11H,1-9H2,(H2,15,18)(H,19,20). The molecule has 1 unspecified atom stereocenters. The van der Waals surface area contributed by atoms with Crippen LogP contribution in [0.4, 0.5) is 4.79 Å². The van der Waals surface area contributed by atoms with Crippen LogP contribution in [0, 0.1) is 5.92 Å². The average Bonchev–Trinajstić information content (AvgIpc) is 2.98. The van der Waals surface area contributed by atoms with E-state index < -0.39 is 17.8 Å². The third-order valence-electron chi connectivity index (χ3n) is 4.38. The molecule has 7 heteroatoms. The molecule has 0 radical (unpaired) electrons. The third-order valence-corrected chi connectivity index (χ3v) is 4.38. The van der Waals surface area contributed by atoms with Crippen molar-refractivity contribution in [2.75, 3.05) is 19.6 Å². The minimum absolute atomic E-state index is 0.0511. The zero-order chi connectivity index (χ0) is 15.4. The lowest BCUT2D eigenvalue weighted by Crippen LogP contribution is -2.53. The van der Waals surface area contributed by atoms with Crippen LogP contribution in [0.5, 0.6) is 0 Å². The van der Waals surface area contributed by atoms with Crippen molar-refractivity contribution in [2.45, 2.75) is 44.6 Å². The molecule has 1 aliphatic heterocycles. The Labute approximate surface area is 124 Å². The molecule has 1 atom stereocenters. The molecule has 3 amide bonds. The van der Waals surface area contributed by atoms with E-state index in [0.29, 0.717) is 19.4 Å². The molecule has 0 bridgehead atoms. The lowest BCUT2D eigenvalue weighted by atomic mass is 9.98. The molecular formula is C14H23N3O4. The van der Waals surface area contributed by atoms with Crippen molar-refractivity contribution >= 4 is 17.9 Å². The number of amides is 3. The van der Waals surface area contributed by atoms with Crippen molar-refractivity contribution in [3.63, 3.8) is 0 Å². The van der Waals surface area contributed by atoms with Crippen LogP contribution < -0.4 is 5.73 Å². The molecule has 0 spiro atoms. The molecule has 118 valence electrons. The number of primary amides is 1. The van der Waals surface area contributed by atoms with Gasteiger partial charge in [-0.2, -0.15) is 0 Å². The number of carbonyl (C=O) groups excluding carboxylic acids is 2. The summed E-state index contributed by atoms with van der Waals surface area (Å²) in [4.78, 5) is 38.1. The molecule has 0 aromatic rings. The van der Waals surface area contributed by atoms with Gasteiger partial charge in [0.25, 0.3) is 0 Å². The molecule has 2 aliphatic rings. The predicted octanol–water partition coefficient (Wildman–Crippen LogP) is 0.633. The lowest BCUT2D eigenvalue weighted by Gasteiger charge is -2.37. The summed E-state index contributed by atoms with van der Waals surface area (Å²) < 4.78 is 0. The van der Waals surface area contributed by atoms with E-state index in [4.69, 9.17) is 10.8 Å². The van der Waals surface area contributed by atoms with Gasteiger partial charge in [-0.25, -0.2) is 4.79 Å². The number of piperidine rings is 1. The third kappa shape index (κ3) is 3.86. The number of nitrogens with two attached hydrogens (primary N) is 1. The minimum Gasteiger partial charge on any atom is -0.481 e. The summed E-state index contributed by atoms with van der Waals surface area (Å²) >= 11 is 0. The Morgan fingerprint density at radius 1 is 1.14 bits per heavy atom. The first kappa shape index (κ1) is 15.6. The molecular weight excluding hydrogens is 274 g/mol. The van der Waals surface area contributed by atoms with Gasteiger partial charge >= 0.3 is 12.0 Å². The van der Waals surface area contributed by atoms with E-state index in [1.807, 2.05) is 0 Å². The fraction of sp³-hybridized carbons (Fsp3) is 0.786. The van der Waals surface area contributed by atoms with E-state index in [0.717, 1.165) is 25.7 Å². The summed E-state index contributed by atoms with van der Waals surface area (Å²) in [5.74, 6) is -1.90. The number of hydrogen-bond donors (Lipinski definition) is 2. The van der Waals surface area contributed by atoms with Crippen LogP contribution in [-0.4, -0.2) is 58.5 Å². The highest BCUT2D eigenvalue weighted by Gasteiger charge is 2.34. The van der Waals surface area contributed by atoms with Gasteiger partial charge in [-0.1, -0.05) is 12.8 Å². The van der Waals surface area contributed by atoms with Crippen molar-refractivity contribution < 1.29 is 19.5 Å². The number of carboxylic acids is 1. The number of rotatable bonds is 4. The van der Waals surface area contributed by atoms with E-state index >= 15 is 0 Å². The fourth-order valence-electron chi connectivity index (χ4n) is 3.27. The van der Waals surface area contributed by atoms with Crippen molar-refractivity contribution in [2.24, 2.45) is 11.7 Å². The highest BCUT2D eigenvalue weighted by molar-refractivity contribution is 5.83. The lowest BCUT2D eigenvalue weighted by molar-refractivity contribution is -0.143. The highest BCUT2D eigenvalue weighted by atomic mass is 16.4. The number of aliphatic carboxylic acids is 1. The molecule has 1 saturated heterocycles. The summed E-state index contributed by atoms with van der Waals surface area (Å²) in [5, 5.41) is 9.11. The SMILES string of the molecule is NC(=O)CN(C(=O)N1CCCC(C(=O)O)C1)C1CCCC1. The Kier molecular flexibility index (Phi) is 5.03. The molecule has 0 aromatic heterocycles. The molecule has 0 aromatic carbocycles. The summed E-state index contributed by atoms with van der Waals surface area (Å²) in [6.45, 7) is 0.679. The van der Waals surface area contributed by atoms with Crippen LogP contribution in [0.2, 0.25) is 0 Å². The van der Waals surface area contributed by atoms with Crippen LogP contribution >= 0.6 is 0 Å². The average molecular weight is 297 g/mol. The highest BCUT2D eigenvalue weighted by Crippen LogP contribution is 2.26. The maximum absolute atomic E-state index is 12.6. The van der Waals surface area contributed by atoms with Gasteiger partial charge in [-0.3, -0.25) is 9.59 Å². The Morgan fingerprint density at radius 3 is 2.38 bits per heavy atom. The Balaban J connectivity index is 2.05. The molecule has 21 heavy (non-hydrogen) atoms. The number of likely N-dealkylation sites (tertiary alicyclic amines) is 1. The Bertz CT molecular complexity index is 420. The van der Waals surface area contributed by atoms with Gasteiger partial charge in [0.15, 0.2) is 0 Å². The zero-order valence-electron chi connectivity index (χ0n) is 12.2. The maximum atomic E-state index is 12.6. The smallest absolute Gasteiger partial charge is 0.320 e. The van der Waals surface area contributed by atoms with E-state index in [9.17, 15) is 14.4 Å². The maximum Gasteiger partial charge on any atom is 0.320 e. The quantitative estimate of drug-likeness (QED) is 0.794. The van der Waals surface area contributed by atoms with Gasteiger partial charge in [-0.05, 0) is 25.7 Å². The fourth-order valence-corrected chi connectivity index (χ4v) is 3.27. The summed E-state index contributed by atoms with van der Waals surface area (Å²) in [7, 11) is 0. The molecule has 2 rings (SSSR count). The normalized spacial score (nSPS) is 23.0. The van der Waals surface area contributed by atoms with Crippen LogP contribution in [0.1, 0.15) is 38.5 Å². The van der Waals surface area contributed by atoms with Crippen molar-refractivity contribution in [1.82, 2.24) is 9.80 Å². The molecule has 1 heterocycles. The molecule has 7 nitrogen and oxygen atoms in total. The van der Waals surface area contributed by atoms with E-state index in [2.05, 4.69) is 0 Å². The van der Waals surface area contributed by atoms with Gasteiger partial charge in [0.05, 0.1) is 5.92 Å². The van der Waals surface area contributed by atoms with Crippen molar-refractivity contribution in [1.29, 1.82) is 0 Å². The van der Waals surface area contributed by atoms with E-state index in [1.165, 1.54) is 0 Å². The van der Waals surface area contributed by atoms with E-state index in [-0.39, 0.29) is 25.2 Å². The minimum atomic E-state index is -0.866. The molecule has 1 saturated carbocycles. The van der Waals surface area contributed by atoms with Crippen molar-refractivity contribution in [3.05, 3.63) is 0 Å². The monoisotopic (exact) mass is 297 g/mol. The van der Waals surface area contributed by atoms with Crippen LogP contribution in [-0.2, 0) is 9.59 Å². The van der Waals surface area contributed by atoms with E-state index in [1.54, 1.807) is 9.80 Å². The second-order valence-electron chi connectivity index (χ2n) is 5.94. The van der Waals surface area contributed by atoms with Gasteiger partial charge in [0.1, 0.15) is 6.54 Å². The topological polar surface area (TPSA) is 104 Å². The first-order chi connectivity index (χ1) is 9.99. The van der Waals surface area contributed by atoms with Crippen LogP contribution in [0.3, 0.4) is 0 Å². The van der Waals surface area contributed by atoms with Crippen LogP contribution in [0.25, 0.3) is 0 Å². The van der Waals surface area contributed by atoms with Gasteiger partial charge < -0.3 is 20.6 Å². The van der Waals surface area contributed by atoms with Crippen molar-refractivity contribution in [3.8, 4) is 0 Å². The molecule has 3 N–H and O–H groups in total. The number of carboxylic acid groups (broad SMARTS) is 1. The number of hydrogen-bond acceptors (Lipinski definition) is 3. The first-order valence-electron chi connectivity index (χ1n) is 7.55. The second-order valence-corrected chi connectivity index (χ2v) is 5.94. The Hall–Kier alpha value is -1.79. The van der Waals surface area contributed by atoms with Gasteiger partial charge in [0, 0.05) is 19.1 Å². The molecule has 2 fully saturated rings. The van der Waals surface area contributed by atoms with Gasteiger partial charge in [0.2, 0.25) is 5.91 Å². The second kappa shape index (κ2) is 6.78. The Morgan fingerprint density at radius 2 is 1.81 bits per heavy atom. The molecule has 1 aliphatic carbocycles.